The largest absolute Gasteiger partial charge is 0.380 e. The summed E-state index contributed by atoms with van der Waals surface area (Å²) < 4.78 is 40.7. The van der Waals surface area contributed by atoms with Gasteiger partial charge in [0.05, 0.1) is 36.6 Å². The molecule has 2 atom stereocenters. The van der Waals surface area contributed by atoms with Gasteiger partial charge in [0.1, 0.15) is 0 Å². The Morgan fingerprint density at radius 2 is 2.22 bits per heavy atom. The van der Waals surface area contributed by atoms with Crippen molar-refractivity contribution in [1.82, 2.24) is 14.0 Å². The zero-order valence-corrected chi connectivity index (χ0v) is 14.7. The first-order chi connectivity index (χ1) is 11.1. The molecule has 0 bridgehead atoms. The Bertz CT molecular complexity index is 573. The summed E-state index contributed by atoms with van der Waals surface area (Å²) in [6.45, 7) is 2.51. The van der Waals surface area contributed by atoms with E-state index in [4.69, 9.17) is 9.47 Å². The van der Waals surface area contributed by atoms with E-state index in [9.17, 15) is 8.42 Å². The summed E-state index contributed by atoms with van der Waals surface area (Å²) in [5.74, 6) is 0. The van der Waals surface area contributed by atoms with Crippen LogP contribution in [0.5, 0.6) is 0 Å². The molecule has 2 aliphatic heterocycles. The Morgan fingerprint density at radius 1 is 1.39 bits per heavy atom. The van der Waals surface area contributed by atoms with E-state index in [-0.39, 0.29) is 12.1 Å². The van der Waals surface area contributed by atoms with Crippen LogP contribution in [0.4, 0.5) is 0 Å². The van der Waals surface area contributed by atoms with Crippen LogP contribution in [0.3, 0.4) is 0 Å². The second-order valence-electron chi connectivity index (χ2n) is 5.88. The molecule has 0 aromatic carbocycles. The van der Waals surface area contributed by atoms with Gasteiger partial charge in [-0.1, -0.05) is 6.42 Å². The smallest absolute Gasteiger partial charge is 0.279 e. The number of rotatable bonds is 6. The summed E-state index contributed by atoms with van der Waals surface area (Å²) >= 11 is 1.52. The van der Waals surface area contributed by atoms with Gasteiger partial charge in [-0.3, -0.25) is 0 Å². The second-order valence-corrected chi connectivity index (χ2v) is 8.30. The van der Waals surface area contributed by atoms with Crippen molar-refractivity contribution in [3.63, 3.8) is 0 Å². The molecule has 2 aliphatic rings. The van der Waals surface area contributed by atoms with Crippen LogP contribution in [0.1, 0.15) is 31.4 Å². The quantitative estimate of drug-likeness (QED) is 0.822. The summed E-state index contributed by atoms with van der Waals surface area (Å²) in [6.07, 6.45) is 3.43. The van der Waals surface area contributed by atoms with E-state index in [1.54, 1.807) is 5.51 Å². The minimum absolute atomic E-state index is 0.190. The number of nitrogens with zero attached hydrogens (tertiary/aromatic N) is 2. The number of nitrogens with one attached hydrogen (secondary N) is 1. The fourth-order valence-electron chi connectivity index (χ4n) is 2.90. The van der Waals surface area contributed by atoms with Crippen molar-refractivity contribution in [2.75, 3.05) is 26.3 Å². The van der Waals surface area contributed by atoms with Crippen LogP contribution in [-0.2, 0) is 26.3 Å². The van der Waals surface area contributed by atoms with Crippen molar-refractivity contribution in [2.45, 2.75) is 44.4 Å². The Hall–Kier alpha value is -0.580. The fourth-order valence-corrected chi connectivity index (χ4v) is 4.93. The van der Waals surface area contributed by atoms with Crippen LogP contribution >= 0.6 is 11.3 Å². The maximum atomic E-state index is 12.5. The number of aromatic nitrogens is 1. The zero-order chi connectivity index (χ0) is 16.1. The molecule has 0 aliphatic carbocycles. The molecule has 0 radical (unpaired) electrons. The van der Waals surface area contributed by atoms with E-state index in [1.165, 1.54) is 15.6 Å². The van der Waals surface area contributed by atoms with Crippen LogP contribution < -0.4 is 4.72 Å². The molecule has 2 saturated heterocycles. The van der Waals surface area contributed by atoms with E-state index in [0.717, 1.165) is 25.0 Å². The van der Waals surface area contributed by atoms with Gasteiger partial charge in [0.2, 0.25) is 0 Å². The normalized spacial score (nSPS) is 27.1. The monoisotopic (exact) mass is 361 g/mol. The van der Waals surface area contributed by atoms with Gasteiger partial charge in [0, 0.05) is 25.1 Å². The first-order valence-corrected chi connectivity index (χ1v) is 10.4. The molecule has 1 N–H and O–H groups in total. The van der Waals surface area contributed by atoms with Crippen molar-refractivity contribution in [3.8, 4) is 0 Å². The highest BCUT2D eigenvalue weighted by molar-refractivity contribution is 7.87. The third-order valence-corrected chi connectivity index (χ3v) is 6.46. The lowest BCUT2D eigenvalue weighted by Gasteiger charge is -2.34. The lowest BCUT2D eigenvalue weighted by Crippen LogP contribution is -2.54. The van der Waals surface area contributed by atoms with E-state index < -0.39 is 10.2 Å². The molecule has 3 heterocycles. The van der Waals surface area contributed by atoms with Crippen LogP contribution in [0.15, 0.2) is 10.9 Å². The van der Waals surface area contributed by atoms with Crippen LogP contribution in [-0.4, -0.2) is 56.2 Å². The predicted molar refractivity (Wildman–Crippen MR) is 87.4 cm³/mol. The topological polar surface area (TPSA) is 80.8 Å². The minimum Gasteiger partial charge on any atom is -0.380 e. The van der Waals surface area contributed by atoms with Gasteiger partial charge < -0.3 is 9.47 Å². The molecular formula is C14H23N3O4S2. The van der Waals surface area contributed by atoms with Crippen molar-refractivity contribution in [1.29, 1.82) is 0 Å². The first kappa shape index (κ1) is 17.2. The van der Waals surface area contributed by atoms with Gasteiger partial charge in [-0.15, -0.1) is 11.3 Å². The summed E-state index contributed by atoms with van der Waals surface area (Å²) in [7, 11) is -3.48. The molecule has 9 heteroatoms. The van der Waals surface area contributed by atoms with Crippen molar-refractivity contribution in [2.24, 2.45) is 0 Å². The highest BCUT2D eigenvalue weighted by Gasteiger charge is 2.33. The molecular weight excluding hydrogens is 338 g/mol. The summed E-state index contributed by atoms with van der Waals surface area (Å²) in [6, 6.07) is -0.352. The van der Waals surface area contributed by atoms with Crippen LogP contribution in [0.2, 0.25) is 0 Å². The summed E-state index contributed by atoms with van der Waals surface area (Å²) in [5.41, 5.74) is 2.64. The van der Waals surface area contributed by atoms with Crippen LogP contribution in [0.25, 0.3) is 0 Å². The molecule has 1 aromatic rings. The lowest BCUT2D eigenvalue weighted by atomic mass is 10.1. The van der Waals surface area contributed by atoms with Gasteiger partial charge in [0.25, 0.3) is 10.2 Å². The Balaban J connectivity index is 1.59. The highest BCUT2D eigenvalue weighted by Crippen LogP contribution is 2.18. The fraction of sp³-hybridized carbons (Fsp3) is 0.786. The molecule has 1 aromatic heterocycles. The Kier molecular flexibility index (Phi) is 6.00. The number of hydrogen-bond donors (Lipinski definition) is 1. The average molecular weight is 361 g/mol. The second kappa shape index (κ2) is 8.00. The predicted octanol–water partition coefficient (Wildman–Crippen LogP) is 1.14. The molecule has 0 unspecified atom stereocenters. The minimum atomic E-state index is -3.48. The molecule has 130 valence electrons. The number of piperidine rings is 1. The van der Waals surface area contributed by atoms with Gasteiger partial charge in [-0.25, -0.2) is 4.98 Å². The number of thiazole rings is 1. The molecule has 2 fully saturated rings. The van der Waals surface area contributed by atoms with Crippen molar-refractivity contribution in [3.05, 3.63) is 16.6 Å². The van der Waals surface area contributed by atoms with E-state index >= 15 is 0 Å². The molecule has 0 spiro atoms. The summed E-state index contributed by atoms with van der Waals surface area (Å²) in [4.78, 5) is 4.19. The third kappa shape index (κ3) is 4.71. The van der Waals surface area contributed by atoms with Crippen LogP contribution in [0, 0.1) is 0 Å². The lowest BCUT2D eigenvalue weighted by molar-refractivity contribution is -0.0582. The highest BCUT2D eigenvalue weighted by atomic mass is 32.2. The van der Waals surface area contributed by atoms with Crippen molar-refractivity contribution >= 4 is 21.5 Å². The van der Waals surface area contributed by atoms with E-state index in [2.05, 4.69) is 9.71 Å². The van der Waals surface area contributed by atoms with E-state index in [1.807, 2.05) is 5.38 Å². The molecule has 0 amide bonds. The van der Waals surface area contributed by atoms with Gasteiger partial charge in [-0.2, -0.15) is 17.4 Å². The SMILES string of the molecule is O=S(=O)(N[C@@H]1COCC[C@@H]1OCc1cscn1)N1CCCCC1. The number of ether oxygens (including phenoxy) is 2. The first-order valence-electron chi connectivity index (χ1n) is 7.99. The zero-order valence-electron chi connectivity index (χ0n) is 13.0. The van der Waals surface area contributed by atoms with Gasteiger partial charge in [-0.05, 0) is 19.3 Å². The van der Waals surface area contributed by atoms with Gasteiger partial charge >= 0.3 is 0 Å². The van der Waals surface area contributed by atoms with Gasteiger partial charge in [0.15, 0.2) is 0 Å². The molecule has 7 nitrogen and oxygen atoms in total. The maximum Gasteiger partial charge on any atom is 0.279 e. The average Bonchev–Trinajstić information content (AvgIpc) is 3.08. The standard InChI is InChI=1S/C14H23N3O4S2/c18-23(19,17-5-2-1-3-6-17)16-13-9-20-7-4-14(13)21-8-12-10-22-11-15-12/h10-11,13-14,16H,1-9H2/t13-,14+/m1/s1. The Labute approximate surface area is 141 Å². The van der Waals surface area contributed by atoms with Crippen molar-refractivity contribution < 1.29 is 17.9 Å². The molecule has 23 heavy (non-hydrogen) atoms. The number of hydrogen-bond acceptors (Lipinski definition) is 6. The Morgan fingerprint density at radius 3 is 2.96 bits per heavy atom. The third-order valence-electron chi connectivity index (χ3n) is 4.18. The van der Waals surface area contributed by atoms with E-state index in [0.29, 0.717) is 39.3 Å². The maximum absolute atomic E-state index is 12.5. The molecule has 0 saturated carbocycles. The summed E-state index contributed by atoms with van der Waals surface area (Å²) in [5, 5.41) is 1.94. The molecule has 3 rings (SSSR count).